The average molecular weight is 240 g/mol. The number of aliphatic hydroxyl groups is 1. The number of aliphatic hydroxyl groups excluding tert-OH is 1. The van der Waals surface area contributed by atoms with Gasteiger partial charge in [-0.25, -0.2) is 0 Å². The van der Waals surface area contributed by atoms with E-state index in [1.807, 2.05) is 0 Å². The van der Waals surface area contributed by atoms with Gasteiger partial charge in [-0.05, 0) is 19.8 Å². The van der Waals surface area contributed by atoms with Crippen molar-refractivity contribution in [3.05, 3.63) is 17.5 Å². The predicted molar refractivity (Wildman–Crippen MR) is 63.8 cm³/mol. The SMILES string of the molecule is CCC(CC)c1cc(C(=O)NC(C)CO)on1. The van der Waals surface area contributed by atoms with E-state index in [1.54, 1.807) is 13.0 Å². The van der Waals surface area contributed by atoms with Crippen LogP contribution in [0.25, 0.3) is 0 Å². The molecule has 1 rings (SSSR count). The molecule has 0 radical (unpaired) electrons. The van der Waals surface area contributed by atoms with E-state index in [1.165, 1.54) is 0 Å². The summed E-state index contributed by atoms with van der Waals surface area (Å²) in [5.41, 5.74) is 0.816. The van der Waals surface area contributed by atoms with Crippen molar-refractivity contribution in [2.75, 3.05) is 6.61 Å². The number of aromatic nitrogens is 1. The van der Waals surface area contributed by atoms with Crippen molar-refractivity contribution in [1.82, 2.24) is 10.5 Å². The number of amides is 1. The van der Waals surface area contributed by atoms with Crippen molar-refractivity contribution in [1.29, 1.82) is 0 Å². The van der Waals surface area contributed by atoms with Gasteiger partial charge >= 0.3 is 0 Å². The number of nitrogens with zero attached hydrogens (tertiary/aromatic N) is 1. The Balaban J connectivity index is 2.70. The second-order valence-corrected chi connectivity index (χ2v) is 4.19. The van der Waals surface area contributed by atoms with Gasteiger partial charge in [-0.3, -0.25) is 4.79 Å². The summed E-state index contributed by atoms with van der Waals surface area (Å²) in [6.07, 6.45) is 1.94. The minimum atomic E-state index is -0.337. The maximum Gasteiger partial charge on any atom is 0.290 e. The van der Waals surface area contributed by atoms with Gasteiger partial charge in [0.2, 0.25) is 5.76 Å². The van der Waals surface area contributed by atoms with Gasteiger partial charge in [-0.2, -0.15) is 0 Å². The predicted octanol–water partition coefficient (Wildman–Crippen LogP) is 1.69. The highest BCUT2D eigenvalue weighted by Gasteiger charge is 2.18. The lowest BCUT2D eigenvalue weighted by Gasteiger charge is -2.08. The highest BCUT2D eigenvalue weighted by Crippen LogP contribution is 2.22. The number of hydrogen-bond donors (Lipinski definition) is 2. The third-order valence-corrected chi connectivity index (χ3v) is 2.81. The lowest BCUT2D eigenvalue weighted by Crippen LogP contribution is -2.34. The summed E-state index contributed by atoms with van der Waals surface area (Å²) in [6, 6.07) is 1.39. The molecule has 0 fully saturated rings. The first-order valence-electron chi connectivity index (χ1n) is 6.00. The second-order valence-electron chi connectivity index (χ2n) is 4.19. The molecule has 1 aromatic rings. The molecular formula is C12H20N2O3. The van der Waals surface area contributed by atoms with Crippen LogP contribution in [0.1, 0.15) is 55.8 Å². The molecule has 5 heteroatoms. The zero-order valence-electron chi connectivity index (χ0n) is 10.6. The number of carbonyl (C=O) groups excluding carboxylic acids is 1. The molecule has 1 aromatic heterocycles. The molecule has 0 aromatic carbocycles. The summed E-state index contributed by atoms with van der Waals surface area (Å²) in [5, 5.41) is 15.4. The topological polar surface area (TPSA) is 75.4 Å². The first-order valence-corrected chi connectivity index (χ1v) is 6.00. The zero-order chi connectivity index (χ0) is 12.8. The van der Waals surface area contributed by atoms with Crippen LogP contribution in [0.5, 0.6) is 0 Å². The van der Waals surface area contributed by atoms with E-state index in [2.05, 4.69) is 24.3 Å². The van der Waals surface area contributed by atoms with Crippen molar-refractivity contribution >= 4 is 5.91 Å². The van der Waals surface area contributed by atoms with Crippen LogP contribution in [0.3, 0.4) is 0 Å². The Hall–Kier alpha value is -1.36. The van der Waals surface area contributed by atoms with E-state index in [-0.39, 0.29) is 24.3 Å². The van der Waals surface area contributed by atoms with Crippen LogP contribution in [-0.2, 0) is 0 Å². The number of nitrogens with one attached hydrogen (secondary N) is 1. The maximum atomic E-state index is 11.7. The largest absolute Gasteiger partial charge is 0.394 e. The molecule has 1 amide bonds. The van der Waals surface area contributed by atoms with Gasteiger partial charge in [-0.1, -0.05) is 19.0 Å². The quantitative estimate of drug-likeness (QED) is 0.793. The van der Waals surface area contributed by atoms with E-state index in [9.17, 15) is 4.79 Å². The Morgan fingerprint density at radius 2 is 2.18 bits per heavy atom. The smallest absolute Gasteiger partial charge is 0.290 e. The monoisotopic (exact) mass is 240 g/mol. The molecule has 0 saturated carbocycles. The highest BCUT2D eigenvalue weighted by molar-refractivity contribution is 5.91. The van der Waals surface area contributed by atoms with Crippen molar-refractivity contribution in [2.45, 2.75) is 45.6 Å². The number of rotatable bonds is 6. The summed E-state index contributed by atoms with van der Waals surface area (Å²) in [5.74, 6) is 0.194. The fourth-order valence-electron chi connectivity index (χ4n) is 1.64. The number of carbonyl (C=O) groups is 1. The Kier molecular flexibility index (Phi) is 5.15. The van der Waals surface area contributed by atoms with E-state index in [0.717, 1.165) is 18.5 Å². The molecule has 96 valence electrons. The normalized spacial score (nSPS) is 12.8. The molecule has 0 aliphatic rings. The molecule has 0 bridgehead atoms. The second kappa shape index (κ2) is 6.39. The molecular weight excluding hydrogens is 220 g/mol. The lowest BCUT2D eigenvalue weighted by atomic mass is 9.99. The molecule has 1 atom stereocenters. The van der Waals surface area contributed by atoms with Crippen molar-refractivity contribution in [3.63, 3.8) is 0 Å². The average Bonchev–Trinajstić information content (AvgIpc) is 2.80. The fourth-order valence-corrected chi connectivity index (χ4v) is 1.64. The van der Waals surface area contributed by atoms with Crippen LogP contribution in [0, 0.1) is 0 Å². The van der Waals surface area contributed by atoms with Gasteiger partial charge in [0, 0.05) is 18.0 Å². The summed E-state index contributed by atoms with van der Waals surface area (Å²) < 4.78 is 5.01. The molecule has 0 aliphatic carbocycles. The number of hydrogen-bond acceptors (Lipinski definition) is 4. The van der Waals surface area contributed by atoms with Crippen molar-refractivity contribution in [2.24, 2.45) is 0 Å². The summed E-state index contributed by atoms with van der Waals surface area (Å²) >= 11 is 0. The van der Waals surface area contributed by atoms with Gasteiger partial charge in [0.15, 0.2) is 0 Å². The van der Waals surface area contributed by atoms with E-state index in [4.69, 9.17) is 9.63 Å². The van der Waals surface area contributed by atoms with Crippen LogP contribution in [0.15, 0.2) is 10.6 Å². The van der Waals surface area contributed by atoms with E-state index >= 15 is 0 Å². The molecule has 0 aliphatic heterocycles. The highest BCUT2D eigenvalue weighted by atomic mass is 16.5. The third kappa shape index (κ3) is 3.56. The lowest BCUT2D eigenvalue weighted by molar-refractivity contribution is 0.0885. The Labute approximate surface area is 101 Å². The Morgan fingerprint density at radius 3 is 2.71 bits per heavy atom. The van der Waals surface area contributed by atoms with E-state index in [0.29, 0.717) is 5.92 Å². The molecule has 5 nitrogen and oxygen atoms in total. The first kappa shape index (κ1) is 13.7. The standard InChI is InChI=1S/C12H20N2O3/c1-4-9(5-2)10-6-11(17-14-10)12(16)13-8(3)7-15/h6,8-9,15H,4-5,7H2,1-3H3,(H,13,16). The zero-order valence-corrected chi connectivity index (χ0v) is 10.6. The fraction of sp³-hybridized carbons (Fsp3) is 0.667. The van der Waals surface area contributed by atoms with E-state index < -0.39 is 0 Å². The van der Waals surface area contributed by atoms with Crippen LogP contribution in [0.2, 0.25) is 0 Å². The Bertz CT molecular complexity index is 358. The molecule has 1 unspecified atom stereocenters. The summed E-state index contributed by atoms with van der Waals surface area (Å²) in [4.78, 5) is 11.7. The van der Waals surface area contributed by atoms with Crippen LogP contribution in [0.4, 0.5) is 0 Å². The molecule has 0 spiro atoms. The van der Waals surface area contributed by atoms with Crippen LogP contribution < -0.4 is 5.32 Å². The maximum absolute atomic E-state index is 11.7. The van der Waals surface area contributed by atoms with Gasteiger partial charge in [-0.15, -0.1) is 0 Å². The molecule has 0 saturated heterocycles. The minimum absolute atomic E-state index is 0.0979. The van der Waals surface area contributed by atoms with Crippen LogP contribution in [-0.4, -0.2) is 28.8 Å². The molecule has 1 heterocycles. The first-order chi connectivity index (χ1) is 8.12. The van der Waals surface area contributed by atoms with Crippen LogP contribution >= 0.6 is 0 Å². The molecule has 17 heavy (non-hydrogen) atoms. The van der Waals surface area contributed by atoms with Crippen molar-refractivity contribution in [3.8, 4) is 0 Å². The van der Waals surface area contributed by atoms with Gasteiger partial charge in [0.25, 0.3) is 5.91 Å². The van der Waals surface area contributed by atoms with Crippen molar-refractivity contribution < 1.29 is 14.4 Å². The summed E-state index contributed by atoms with van der Waals surface area (Å²) in [6.45, 7) is 5.78. The third-order valence-electron chi connectivity index (χ3n) is 2.81. The molecule has 2 N–H and O–H groups in total. The Morgan fingerprint density at radius 1 is 1.53 bits per heavy atom. The summed E-state index contributed by atoms with van der Waals surface area (Å²) in [7, 11) is 0. The minimum Gasteiger partial charge on any atom is -0.394 e. The van der Waals surface area contributed by atoms with Gasteiger partial charge in [0.05, 0.1) is 12.3 Å². The van der Waals surface area contributed by atoms with Gasteiger partial charge in [0.1, 0.15) is 0 Å². The van der Waals surface area contributed by atoms with Gasteiger partial charge < -0.3 is 14.9 Å².